The van der Waals surface area contributed by atoms with E-state index in [0.29, 0.717) is 5.92 Å². The number of hydrogen-bond donors (Lipinski definition) is 1. The maximum absolute atomic E-state index is 10.6. The Morgan fingerprint density at radius 3 is 2.60 bits per heavy atom. The van der Waals surface area contributed by atoms with Gasteiger partial charge in [0, 0.05) is 24.9 Å². The first-order chi connectivity index (χ1) is 9.56. The minimum absolute atomic E-state index is 0.0831. The van der Waals surface area contributed by atoms with Crippen molar-refractivity contribution in [3.63, 3.8) is 0 Å². The average Bonchev–Trinajstić information content (AvgIpc) is 2.87. The summed E-state index contributed by atoms with van der Waals surface area (Å²) in [7, 11) is 0. The third-order valence-electron chi connectivity index (χ3n) is 2.83. The summed E-state index contributed by atoms with van der Waals surface area (Å²) in [6.45, 7) is 5.98. The van der Waals surface area contributed by atoms with Gasteiger partial charge in [-0.05, 0) is 30.7 Å². The predicted molar refractivity (Wildman–Crippen MR) is 76.8 cm³/mol. The largest absolute Gasteiger partial charge is 0.311 e. The van der Waals surface area contributed by atoms with Gasteiger partial charge >= 0.3 is 0 Å². The second-order valence-corrected chi connectivity index (χ2v) is 5.05. The van der Waals surface area contributed by atoms with Crippen molar-refractivity contribution in [2.75, 3.05) is 6.54 Å². The third-order valence-corrected chi connectivity index (χ3v) is 2.83. The molecular weight excluding hydrogens is 256 g/mol. The molecular formula is C14H18N4O2. The Hall–Kier alpha value is -2.21. The number of nitrogens with zero attached hydrogens (tertiary/aromatic N) is 3. The van der Waals surface area contributed by atoms with Gasteiger partial charge in [-0.25, -0.2) is 4.68 Å². The fraction of sp³-hybridized carbons (Fsp3) is 0.357. The number of nitro benzene ring substituents is 1. The summed E-state index contributed by atoms with van der Waals surface area (Å²) < 4.78 is 1.72. The van der Waals surface area contributed by atoms with Crippen molar-refractivity contribution >= 4 is 5.69 Å². The van der Waals surface area contributed by atoms with Gasteiger partial charge in [0.1, 0.15) is 0 Å². The van der Waals surface area contributed by atoms with E-state index in [-0.39, 0.29) is 5.69 Å². The van der Waals surface area contributed by atoms with Crippen LogP contribution in [0, 0.1) is 16.0 Å². The van der Waals surface area contributed by atoms with E-state index in [1.807, 2.05) is 12.3 Å². The van der Waals surface area contributed by atoms with Crippen molar-refractivity contribution in [3.8, 4) is 5.69 Å². The number of nitro groups is 1. The highest BCUT2D eigenvalue weighted by Gasteiger charge is 2.06. The molecule has 1 aromatic carbocycles. The Balaban J connectivity index is 2.02. The maximum atomic E-state index is 10.6. The van der Waals surface area contributed by atoms with E-state index in [0.717, 1.165) is 24.5 Å². The zero-order valence-corrected chi connectivity index (χ0v) is 11.6. The van der Waals surface area contributed by atoms with Gasteiger partial charge in [-0.2, -0.15) is 5.10 Å². The minimum Gasteiger partial charge on any atom is -0.311 e. The number of nitrogens with one attached hydrogen (secondary N) is 1. The van der Waals surface area contributed by atoms with Crippen LogP contribution in [0.3, 0.4) is 0 Å². The highest BCUT2D eigenvalue weighted by atomic mass is 16.6. The highest BCUT2D eigenvalue weighted by molar-refractivity contribution is 5.40. The SMILES string of the molecule is CC(C)CNCc1ccn(-c2ccc([N+](=O)[O-])cc2)n1. The zero-order chi connectivity index (χ0) is 14.5. The molecule has 1 N–H and O–H groups in total. The van der Waals surface area contributed by atoms with Crippen LogP contribution in [0.2, 0.25) is 0 Å². The molecule has 6 heteroatoms. The third kappa shape index (κ3) is 3.64. The lowest BCUT2D eigenvalue weighted by Crippen LogP contribution is -2.19. The molecule has 0 saturated heterocycles. The molecule has 0 fully saturated rings. The number of aromatic nitrogens is 2. The fourth-order valence-corrected chi connectivity index (χ4v) is 1.82. The second-order valence-electron chi connectivity index (χ2n) is 5.05. The molecule has 6 nitrogen and oxygen atoms in total. The molecule has 0 radical (unpaired) electrons. The molecule has 2 aromatic rings. The van der Waals surface area contributed by atoms with E-state index in [1.165, 1.54) is 12.1 Å². The Labute approximate surface area is 117 Å². The molecule has 0 aliphatic rings. The molecule has 0 saturated carbocycles. The molecule has 0 aliphatic carbocycles. The Morgan fingerprint density at radius 2 is 2.00 bits per heavy atom. The standard InChI is InChI=1S/C14H18N4O2/c1-11(2)9-15-10-12-7-8-17(16-12)13-3-5-14(6-4-13)18(19)20/h3-8,11,15H,9-10H2,1-2H3. The van der Waals surface area contributed by atoms with Gasteiger partial charge in [-0.15, -0.1) is 0 Å². The highest BCUT2D eigenvalue weighted by Crippen LogP contribution is 2.14. The second kappa shape index (κ2) is 6.29. The van der Waals surface area contributed by atoms with Gasteiger partial charge < -0.3 is 5.32 Å². The maximum Gasteiger partial charge on any atom is 0.269 e. The molecule has 20 heavy (non-hydrogen) atoms. The summed E-state index contributed by atoms with van der Waals surface area (Å²) >= 11 is 0. The first-order valence-electron chi connectivity index (χ1n) is 6.56. The van der Waals surface area contributed by atoms with Crippen LogP contribution in [0.15, 0.2) is 36.5 Å². The minimum atomic E-state index is -0.409. The number of hydrogen-bond acceptors (Lipinski definition) is 4. The topological polar surface area (TPSA) is 73.0 Å². The molecule has 2 rings (SSSR count). The van der Waals surface area contributed by atoms with Crippen molar-refractivity contribution in [2.24, 2.45) is 5.92 Å². The predicted octanol–water partition coefficient (Wildman–Crippen LogP) is 2.53. The summed E-state index contributed by atoms with van der Waals surface area (Å²) in [5.74, 6) is 0.603. The number of non-ortho nitro benzene ring substituents is 1. The smallest absolute Gasteiger partial charge is 0.269 e. The summed E-state index contributed by atoms with van der Waals surface area (Å²) in [4.78, 5) is 10.2. The molecule has 0 spiro atoms. The van der Waals surface area contributed by atoms with E-state index in [2.05, 4.69) is 24.3 Å². The lowest BCUT2D eigenvalue weighted by Gasteiger charge is -2.05. The first kappa shape index (κ1) is 14.2. The average molecular weight is 274 g/mol. The summed E-state index contributed by atoms with van der Waals surface area (Å²) in [5, 5.41) is 18.4. The van der Waals surface area contributed by atoms with Crippen LogP contribution < -0.4 is 5.32 Å². The van der Waals surface area contributed by atoms with Crippen molar-refractivity contribution in [2.45, 2.75) is 20.4 Å². The van der Waals surface area contributed by atoms with E-state index in [4.69, 9.17) is 0 Å². The number of rotatable bonds is 6. The Kier molecular flexibility index (Phi) is 4.47. The zero-order valence-electron chi connectivity index (χ0n) is 11.6. The van der Waals surface area contributed by atoms with Crippen LogP contribution in [-0.2, 0) is 6.54 Å². The lowest BCUT2D eigenvalue weighted by atomic mass is 10.2. The summed E-state index contributed by atoms with van der Waals surface area (Å²) in [6.07, 6.45) is 1.85. The van der Waals surface area contributed by atoms with Crippen LogP contribution in [0.5, 0.6) is 0 Å². The molecule has 106 valence electrons. The first-order valence-corrected chi connectivity index (χ1v) is 6.56. The molecule has 0 bridgehead atoms. The van der Waals surface area contributed by atoms with Crippen molar-refractivity contribution in [1.82, 2.24) is 15.1 Å². The normalized spacial score (nSPS) is 10.9. The summed E-state index contributed by atoms with van der Waals surface area (Å²) in [5.41, 5.74) is 1.84. The van der Waals surface area contributed by atoms with Crippen LogP contribution >= 0.6 is 0 Å². The molecule has 0 amide bonds. The van der Waals surface area contributed by atoms with Crippen LogP contribution in [0.4, 0.5) is 5.69 Å². The molecule has 0 unspecified atom stereocenters. The van der Waals surface area contributed by atoms with Gasteiger partial charge in [0.2, 0.25) is 0 Å². The molecule has 0 aliphatic heterocycles. The van der Waals surface area contributed by atoms with Gasteiger partial charge in [-0.3, -0.25) is 10.1 Å². The Morgan fingerprint density at radius 1 is 1.30 bits per heavy atom. The van der Waals surface area contributed by atoms with E-state index >= 15 is 0 Å². The fourth-order valence-electron chi connectivity index (χ4n) is 1.82. The monoisotopic (exact) mass is 274 g/mol. The van der Waals surface area contributed by atoms with Crippen molar-refractivity contribution in [1.29, 1.82) is 0 Å². The van der Waals surface area contributed by atoms with Crippen LogP contribution in [0.25, 0.3) is 5.69 Å². The quantitative estimate of drug-likeness (QED) is 0.649. The lowest BCUT2D eigenvalue weighted by molar-refractivity contribution is -0.384. The molecule has 1 heterocycles. The number of benzene rings is 1. The van der Waals surface area contributed by atoms with E-state index in [1.54, 1.807) is 16.8 Å². The Bertz CT molecular complexity index is 575. The van der Waals surface area contributed by atoms with Gasteiger partial charge in [0.15, 0.2) is 0 Å². The van der Waals surface area contributed by atoms with Gasteiger partial charge in [0.05, 0.1) is 16.3 Å². The van der Waals surface area contributed by atoms with Gasteiger partial charge in [0.25, 0.3) is 5.69 Å². The van der Waals surface area contributed by atoms with E-state index in [9.17, 15) is 10.1 Å². The van der Waals surface area contributed by atoms with Crippen LogP contribution in [0.1, 0.15) is 19.5 Å². The summed E-state index contributed by atoms with van der Waals surface area (Å²) in [6, 6.07) is 8.28. The van der Waals surface area contributed by atoms with Crippen LogP contribution in [-0.4, -0.2) is 21.2 Å². The van der Waals surface area contributed by atoms with Gasteiger partial charge in [-0.1, -0.05) is 13.8 Å². The van der Waals surface area contributed by atoms with Crippen molar-refractivity contribution in [3.05, 3.63) is 52.3 Å². The van der Waals surface area contributed by atoms with E-state index < -0.39 is 4.92 Å². The van der Waals surface area contributed by atoms with Crippen molar-refractivity contribution < 1.29 is 4.92 Å². The molecule has 1 aromatic heterocycles. The molecule has 0 atom stereocenters.